The first-order valence-corrected chi connectivity index (χ1v) is 10.7. The van der Waals surface area contributed by atoms with Crippen molar-refractivity contribution in [1.82, 2.24) is 14.9 Å². The lowest BCUT2D eigenvalue weighted by Crippen LogP contribution is -2.61. The van der Waals surface area contributed by atoms with E-state index >= 15 is 0 Å². The largest absolute Gasteiger partial charge is 0.385 e. The van der Waals surface area contributed by atoms with Gasteiger partial charge < -0.3 is 9.84 Å². The predicted octanol–water partition coefficient (Wildman–Crippen LogP) is -1.75. The second-order valence-corrected chi connectivity index (χ2v) is 9.79. The molecule has 0 unspecified atom stereocenters. The summed E-state index contributed by atoms with van der Waals surface area (Å²) in [5.41, 5.74) is -2.55. The smallest absolute Gasteiger partial charge is 0.330 e. The first kappa shape index (κ1) is 18.2. The van der Waals surface area contributed by atoms with E-state index in [1.807, 2.05) is 6.92 Å². The second-order valence-electron chi connectivity index (χ2n) is 6.66. The summed E-state index contributed by atoms with van der Waals surface area (Å²) in [6.45, 7) is 3.67. The quantitative estimate of drug-likeness (QED) is 0.500. The number of aromatic amines is 1. The van der Waals surface area contributed by atoms with E-state index in [-0.39, 0.29) is 17.9 Å². The van der Waals surface area contributed by atoms with Gasteiger partial charge in [0.25, 0.3) is 15.7 Å². The third-order valence-electron chi connectivity index (χ3n) is 5.15. The maximum Gasteiger partial charge on any atom is 0.330 e. The maximum atomic E-state index is 12.3. The monoisotopic (exact) mass is 405 g/mol. The molecule has 0 aromatic carbocycles. The van der Waals surface area contributed by atoms with E-state index in [0.29, 0.717) is 5.75 Å². The summed E-state index contributed by atoms with van der Waals surface area (Å²) in [7, 11) is -3.88. The number of hydrogen-bond acceptors (Lipinski definition) is 9. The van der Waals surface area contributed by atoms with Gasteiger partial charge >= 0.3 is 5.69 Å². The lowest BCUT2D eigenvalue weighted by molar-refractivity contribution is -0.0514. The van der Waals surface area contributed by atoms with Crippen LogP contribution in [0.15, 0.2) is 15.8 Å². The zero-order valence-corrected chi connectivity index (χ0v) is 15.7. The lowest BCUT2D eigenvalue weighted by Gasteiger charge is -2.37. The number of nitrogens with one attached hydrogen (secondary N) is 2. The van der Waals surface area contributed by atoms with Crippen molar-refractivity contribution in [2.45, 2.75) is 42.8 Å². The molecule has 3 aliphatic rings. The molecular weight excluding hydrogens is 386 g/mol. The molecule has 3 aliphatic heterocycles. The molecule has 144 valence electrons. The summed E-state index contributed by atoms with van der Waals surface area (Å²) < 4.78 is 36.9. The minimum atomic E-state index is -3.88. The summed E-state index contributed by atoms with van der Waals surface area (Å²) in [5.74, 6) is 0.289. The van der Waals surface area contributed by atoms with Crippen molar-refractivity contribution in [2.75, 3.05) is 18.1 Å². The summed E-state index contributed by atoms with van der Waals surface area (Å²) >= 11 is 1.34. The third-order valence-corrected chi connectivity index (χ3v) is 8.04. The number of H-pyrrole nitrogens is 1. The molecule has 12 heteroatoms. The van der Waals surface area contributed by atoms with Crippen molar-refractivity contribution in [3.63, 3.8) is 0 Å². The summed E-state index contributed by atoms with van der Waals surface area (Å²) in [6, 6.07) is 0. The van der Waals surface area contributed by atoms with Crippen LogP contribution in [0.2, 0.25) is 0 Å². The Hall–Kier alpha value is -1.18. The van der Waals surface area contributed by atoms with Crippen LogP contribution in [-0.4, -0.2) is 63.8 Å². The number of thioether (sulfide) groups is 1. The van der Waals surface area contributed by atoms with Crippen LogP contribution in [0.1, 0.15) is 18.7 Å². The standard InChI is InChI=1S/C14H19N3O7S2/c1-3-25-13-6-26(21,22)24-14(13)8(4-15-13)23-11(9(14)18)17-5-7(2)10(19)16-12(17)20/h5,8-9,11,15,18H,3-4,6H2,1-2H3,(H,16,19,20)/t8-,9+,11-,13-,14-/m1/s1. The van der Waals surface area contributed by atoms with Gasteiger partial charge in [0.2, 0.25) is 0 Å². The lowest BCUT2D eigenvalue weighted by atomic mass is 9.88. The van der Waals surface area contributed by atoms with E-state index < -0.39 is 50.3 Å². The average molecular weight is 405 g/mol. The fourth-order valence-corrected chi connectivity index (χ4v) is 7.78. The molecule has 0 aliphatic carbocycles. The highest BCUT2D eigenvalue weighted by Crippen LogP contribution is 2.57. The van der Waals surface area contributed by atoms with Crippen molar-refractivity contribution in [3.05, 3.63) is 32.6 Å². The van der Waals surface area contributed by atoms with Crippen LogP contribution >= 0.6 is 11.8 Å². The molecule has 5 atom stereocenters. The first-order chi connectivity index (χ1) is 12.2. The van der Waals surface area contributed by atoms with Crippen LogP contribution in [0.3, 0.4) is 0 Å². The zero-order valence-electron chi connectivity index (χ0n) is 14.1. The fourth-order valence-electron chi connectivity index (χ4n) is 4.11. The van der Waals surface area contributed by atoms with Gasteiger partial charge in [-0.15, -0.1) is 11.8 Å². The molecule has 0 radical (unpaired) electrons. The Morgan fingerprint density at radius 3 is 2.88 bits per heavy atom. The molecule has 26 heavy (non-hydrogen) atoms. The minimum Gasteiger partial charge on any atom is -0.385 e. The first-order valence-electron chi connectivity index (χ1n) is 8.14. The highest BCUT2D eigenvalue weighted by molar-refractivity contribution is 8.02. The highest BCUT2D eigenvalue weighted by atomic mass is 32.2. The summed E-state index contributed by atoms with van der Waals surface area (Å²) in [6.07, 6.45) is -2.08. The van der Waals surface area contributed by atoms with Crippen LogP contribution in [-0.2, 0) is 19.0 Å². The minimum absolute atomic E-state index is 0.266. The molecule has 1 aromatic rings. The van der Waals surface area contributed by atoms with Gasteiger partial charge in [-0.3, -0.25) is 23.8 Å². The number of rotatable bonds is 3. The molecule has 3 fully saturated rings. The van der Waals surface area contributed by atoms with Crippen LogP contribution in [0.4, 0.5) is 0 Å². The van der Waals surface area contributed by atoms with Gasteiger partial charge in [0.05, 0.1) is 0 Å². The van der Waals surface area contributed by atoms with Crippen molar-refractivity contribution in [3.8, 4) is 0 Å². The Kier molecular flexibility index (Phi) is 3.96. The Bertz CT molecular complexity index is 969. The summed E-state index contributed by atoms with van der Waals surface area (Å²) in [4.78, 5) is 24.9. The molecule has 1 spiro atoms. The molecule has 0 amide bonds. The topological polar surface area (TPSA) is 140 Å². The number of hydrogen-bond donors (Lipinski definition) is 3. The molecule has 3 N–H and O–H groups in total. The van der Waals surface area contributed by atoms with Crippen molar-refractivity contribution < 1.29 is 22.4 Å². The number of aliphatic hydroxyl groups is 1. The van der Waals surface area contributed by atoms with E-state index in [0.717, 1.165) is 4.57 Å². The predicted molar refractivity (Wildman–Crippen MR) is 92.4 cm³/mol. The Morgan fingerprint density at radius 1 is 1.46 bits per heavy atom. The maximum absolute atomic E-state index is 12.3. The number of aromatic nitrogens is 2. The van der Waals surface area contributed by atoms with Gasteiger partial charge in [-0.05, 0) is 12.7 Å². The Morgan fingerprint density at radius 2 is 2.19 bits per heavy atom. The molecule has 4 heterocycles. The van der Waals surface area contributed by atoms with Crippen LogP contribution in [0.25, 0.3) is 0 Å². The van der Waals surface area contributed by atoms with Crippen molar-refractivity contribution in [2.24, 2.45) is 0 Å². The van der Waals surface area contributed by atoms with Crippen molar-refractivity contribution >= 4 is 21.9 Å². The number of nitrogens with zero attached hydrogens (tertiary/aromatic N) is 1. The SMILES string of the molecule is CCS[C@]12CS(=O)(=O)O[C@@]13[C@@H](CN2)O[C@@H](n1cc(C)c(=O)[nH]c1=O)[C@@H]3O. The molecule has 3 saturated heterocycles. The summed E-state index contributed by atoms with van der Waals surface area (Å²) in [5, 5.41) is 14.2. The third kappa shape index (κ3) is 2.23. The molecule has 10 nitrogen and oxygen atoms in total. The Labute approximate surface area is 153 Å². The normalized spacial score (nSPS) is 40.5. The van der Waals surface area contributed by atoms with Gasteiger partial charge in [-0.1, -0.05) is 6.92 Å². The van der Waals surface area contributed by atoms with Crippen LogP contribution < -0.4 is 16.6 Å². The van der Waals surface area contributed by atoms with Gasteiger partial charge in [0, 0.05) is 18.3 Å². The molecular formula is C14H19N3O7S2. The number of aliphatic hydroxyl groups excluding tert-OH is 1. The second kappa shape index (κ2) is 5.66. The van der Waals surface area contributed by atoms with Gasteiger partial charge in [-0.25, -0.2) is 4.79 Å². The fraction of sp³-hybridized carbons (Fsp3) is 0.714. The molecule has 0 saturated carbocycles. The zero-order chi connectivity index (χ0) is 18.9. The number of aryl methyl sites for hydroxylation is 1. The molecule has 0 bridgehead atoms. The number of ether oxygens (including phenoxy) is 1. The van der Waals surface area contributed by atoms with E-state index in [1.54, 1.807) is 0 Å². The van der Waals surface area contributed by atoms with Gasteiger partial charge in [0.1, 0.15) is 22.8 Å². The van der Waals surface area contributed by atoms with Crippen LogP contribution in [0, 0.1) is 6.92 Å². The van der Waals surface area contributed by atoms with E-state index in [2.05, 4.69) is 10.3 Å². The van der Waals surface area contributed by atoms with E-state index in [4.69, 9.17) is 8.92 Å². The van der Waals surface area contributed by atoms with E-state index in [1.165, 1.54) is 24.9 Å². The average Bonchev–Trinajstić information content (AvgIpc) is 3.06. The van der Waals surface area contributed by atoms with Gasteiger partial charge in [-0.2, -0.15) is 8.42 Å². The van der Waals surface area contributed by atoms with Crippen molar-refractivity contribution in [1.29, 1.82) is 0 Å². The van der Waals surface area contributed by atoms with Gasteiger partial charge in [0.15, 0.2) is 11.8 Å². The molecule has 4 rings (SSSR count). The van der Waals surface area contributed by atoms with E-state index in [9.17, 15) is 23.1 Å². The Balaban J connectivity index is 1.84. The molecule has 1 aromatic heterocycles. The van der Waals surface area contributed by atoms with Crippen LogP contribution in [0.5, 0.6) is 0 Å². The highest BCUT2D eigenvalue weighted by Gasteiger charge is 2.78.